The molecule has 68 valence electrons. The highest BCUT2D eigenvalue weighted by Crippen LogP contribution is 2.32. The molecule has 1 aromatic heterocycles. The van der Waals surface area contributed by atoms with Crippen LogP contribution in [0.5, 0.6) is 0 Å². The number of nitrogens with two attached hydrogens (primary N) is 1. The third-order valence-corrected chi connectivity index (χ3v) is 3.39. The summed E-state index contributed by atoms with van der Waals surface area (Å²) >= 11 is 4.90. The van der Waals surface area contributed by atoms with Gasteiger partial charge in [-0.1, -0.05) is 0 Å². The molecule has 1 rings (SSSR count). The average molecular weight is 250 g/mol. The van der Waals surface area contributed by atoms with E-state index in [1.807, 2.05) is 24.6 Å². The summed E-state index contributed by atoms with van der Waals surface area (Å²) in [6.45, 7) is 3.61. The average Bonchev–Trinajstić information content (AvgIpc) is 2.31. The molecule has 0 aliphatic heterocycles. The lowest BCUT2D eigenvalue weighted by atomic mass is 9.94. The largest absolute Gasteiger partial charge is 0.386 e. The molecule has 1 atom stereocenters. The van der Waals surface area contributed by atoms with Crippen molar-refractivity contribution in [3.05, 3.63) is 20.8 Å². The summed E-state index contributed by atoms with van der Waals surface area (Å²) in [5.74, 6) is 0. The summed E-state index contributed by atoms with van der Waals surface area (Å²) in [6.07, 6.45) is -0.613. The van der Waals surface area contributed by atoms with E-state index in [2.05, 4.69) is 15.9 Å². The minimum absolute atomic E-state index is 0.594. The third kappa shape index (κ3) is 2.07. The molecule has 1 unspecified atom stereocenters. The molecule has 0 aliphatic rings. The first-order chi connectivity index (χ1) is 5.43. The first-order valence-electron chi connectivity index (χ1n) is 3.61. The minimum Gasteiger partial charge on any atom is -0.386 e. The van der Waals surface area contributed by atoms with Crippen LogP contribution in [0, 0.1) is 0 Å². The van der Waals surface area contributed by atoms with Crippen LogP contribution in [0.25, 0.3) is 0 Å². The van der Waals surface area contributed by atoms with Crippen LogP contribution in [0.3, 0.4) is 0 Å². The van der Waals surface area contributed by atoms with Gasteiger partial charge in [0.05, 0.1) is 6.10 Å². The first kappa shape index (κ1) is 10.2. The molecule has 2 nitrogen and oxygen atoms in total. The van der Waals surface area contributed by atoms with E-state index in [1.54, 1.807) is 11.3 Å². The van der Waals surface area contributed by atoms with Crippen molar-refractivity contribution in [1.29, 1.82) is 0 Å². The van der Waals surface area contributed by atoms with Crippen LogP contribution in [0.1, 0.15) is 25.5 Å². The standard InChI is InChI=1S/C8H12BrNOS/c1-8(2,10)7(11)5-3-12-4-6(5)9/h3-4,7,11H,10H2,1-2H3. The van der Waals surface area contributed by atoms with Crippen molar-refractivity contribution in [2.75, 3.05) is 0 Å². The molecule has 0 radical (unpaired) electrons. The van der Waals surface area contributed by atoms with Crippen LogP contribution in [-0.4, -0.2) is 10.6 Å². The van der Waals surface area contributed by atoms with E-state index in [4.69, 9.17) is 5.73 Å². The van der Waals surface area contributed by atoms with Gasteiger partial charge in [0.1, 0.15) is 0 Å². The fraction of sp³-hybridized carbons (Fsp3) is 0.500. The van der Waals surface area contributed by atoms with Gasteiger partial charge in [0.15, 0.2) is 0 Å². The Labute approximate surface area is 84.5 Å². The normalized spacial score (nSPS) is 14.8. The maximum Gasteiger partial charge on any atom is 0.0982 e. The maximum atomic E-state index is 9.78. The number of aliphatic hydroxyl groups is 1. The fourth-order valence-electron chi connectivity index (χ4n) is 0.887. The van der Waals surface area contributed by atoms with Crippen LogP contribution < -0.4 is 5.73 Å². The Kier molecular flexibility index (Phi) is 2.93. The van der Waals surface area contributed by atoms with E-state index in [0.29, 0.717) is 0 Å². The Bertz CT molecular complexity index is 266. The molecule has 0 fully saturated rings. The maximum absolute atomic E-state index is 9.78. The van der Waals surface area contributed by atoms with E-state index in [9.17, 15) is 5.11 Å². The zero-order chi connectivity index (χ0) is 9.35. The Morgan fingerprint density at radius 3 is 2.50 bits per heavy atom. The highest BCUT2D eigenvalue weighted by molar-refractivity contribution is 9.10. The summed E-state index contributed by atoms with van der Waals surface area (Å²) < 4.78 is 0.929. The van der Waals surface area contributed by atoms with Gasteiger partial charge in [0, 0.05) is 21.0 Å². The zero-order valence-corrected chi connectivity index (χ0v) is 9.45. The van der Waals surface area contributed by atoms with Crippen molar-refractivity contribution in [2.45, 2.75) is 25.5 Å². The summed E-state index contributed by atoms with van der Waals surface area (Å²) in [4.78, 5) is 0. The molecule has 12 heavy (non-hydrogen) atoms. The summed E-state index contributed by atoms with van der Waals surface area (Å²) in [7, 11) is 0. The lowest BCUT2D eigenvalue weighted by molar-refractivity contribution is 0.104. The van der Waals surface area contributed by atoms with Crippen LogP contribution >= 0.6 is 27.3 Å². The molecule has 0 spiro atoms. The van der Waals surface area contributed by atoms with Crippen LogP contribution in [0.15, 0.2) is 15.2 Å². The molecule has 0 saturated heterocycles. The van der Waals surface area contributed by atoms with Gasteiger partial charge >= 0.3 is 0 Å². The molecule has 0 aromatic carbocycles. The molecule has 0 saturated carbocycles. The van der Waals surface area contributed by atoms with Crippen molar-refractivity contribution in [2.24, 2.45) is 5.73 Å². The molecule has 0 amide bonds. The smallest absolute Gasteiger partial charge is 0.0982 e. The number of hydrogen-bond acceptors (Lipinski definition) is 3. The van der Waals surface area contributed by atoms with E-state index in [1.165, 1.54) is 0 Å². The molecule has 1 aromatic rings. The summed E-state index contributed by atoms with van der Waals surface area (Å²) in [5, 5.41) is 13.6. The molecule has 3 N–H and O–H groups in total. The van der Waals surface area contributed by atoms with Gasteiger partial charge in [-0.25, -0.2) is 0 Å². The topological polar surface area (TPSA) is 46.2 Å². The first-order valence-corrected chi connectivity index (χ1v) is 5.35. The van der Waals surface area contributed by atoms with Gasteiger partial charge in [-0.2, -0.15) is 11.3 Å². The van der Waals surface area contributed by atoms with Crippen molar-refractivity contribution >= 4 is 27.3 Å². The van der Waals surface area contributed by atoms with Crippen LogP contribution in [-0.2, 0) is 0 Å². The number of halogens is 1. The van der Waals surface area contributed by atoms with E-state index >= 15 is 0 Å². The number of aliphatic hydroxyl groups excluding tert-OH is 1. The van der Waals surface area contributed by atoms with Crippen LogP contribution in [0.4, 0.5) is 0 Å². The SMILES string of the molecule is CC(C)(N)C(O)c1cscc1Br. The predicted octanol–water partition coefficient (Wildman–Crippen LogP) is 2.28. The van der Waals surface area contributed by atoms with Gasteiger partial charge < -0.3 is 10.8 Å². The van der Waals surface area contributed by atoms with Crippen molar-refractivity contribution in [3.8, 4) is 0 Å². The Hall–Kier alpha value is 0.100. The van der Waals surface area contributed by atoms with Gasteiger partial charge in [-0.05, 0) is 35.2 Å². The Morgan fingerprint density at radius 2 is 2.17 bits per heavy atom. The number of thiophene rings is 1. The van der Waals surface area contributed by atoms with Crippen molar-refractivity contribution in [1.82, 2.24) is 0 Å². The quantitative estimate of drug-likeness (QED) is 0.845. The van der Waals surface area contributed by atoms with E-state index in [0.717, 1.165) is 10.0 Å². The highest BCUT2D eigenvalue weighted by atomic mass is 79.9. The van der Waals surface area contributed by atoms with E-state index < -0.39 is 11.6 Å². The molecule has 4 heteroatoms. The summed E-state index contributed by atoms with van der Waals surface area (Å²) in [5.41, 5.74) is 6.05. The van der Waals surface area contributed by atoms with Crippen molar-refractivity contribution in [3.63, 3.8) is 0 Å². The van der Waals surface area contributed by atoms with Gasteiger partial charge in [0.25, 0.3) is 0 Å². The molecule has 0 bridgehead atoms. The Balaban J connectivity index is 2.92. The lowest BCUT2D eigenvalue weighted by Crippen LogP contribution is -2.39. The zero-order valence-electron chi connectivity index (χ0n) is 7.04. The molecular formula is C8H12BrNOS. The molecule has 1 heterocycles. The van der Waals surface area contributed by atoms with Gasteiger partial charge in [-0.3, -0.25) is 0 Å². The number of rotatable bonds is 2. The molecular weight excluding hydrogens is 238 g/mol. The molecule has 0 aliphatic carbocycles. The second-order valence-electron chi connectivity index (χ2n) is 3.40. The third-order valence-electron chi connectivity index (χ3n) is 1.64. The second kappa shape index (κ2) is 3.46. The monoisotopic (exact) mass is 249 g/mol. The van der Waals surface area contributed by atoms with Crippen molar-refractivity contribution < 1.29 is 5.11 Å². The Morgan fingerprint density at radius 1 is 1.58 bits per heavy atom. The number of hydrogen-bond donors (Lipinski definition) is 2. The van der Waals surface area contributed by atoms with E-state index in [-0.39, 0.29) is 0 Å². The van der Waals surface area contributed by atoms with Crippen LogP contribution in [0.2, 0.25) is 0 Å². The summed E-state index contributed by atoms with van der Waals surface area (Å²) in [6, 6.07) is 0. The fourth-order valence-corrected chi connectivity index (χ4v) is 2.42. The van der Waals surface area contributed by atoms with Gasteiger partial charge in [0.2, 0.25) is 0 Å². The minimum atomic E-state index is -0.613. The second-order valence-corrected chi connectivity index (χ2v) is 5.00. The lowest BCUT2D eigenvalue weighted by Gasteiger charge is -2.25. The predicted molar refractivity (Wildman–Crippen MR) is 55.2 cm³/mol. The van der Waals surface area contributed by atoms with Gasteiger partial charge in [-0.15, -0.1) is 0 Å². The highest BCUT2D eigenvalue weighted by Gasteiger charge is 2.26.